The van der Waals surface area contributed by atoms with E-state index in [4.69, 9.17) is 9.15 Å². The summed E-state index contributed by atoms with van der Waals surface area (Å²) in [5.41, 5.74) is 0.464. The van der Waals surface area contributed by atoms with Gasteiger partial charge < -0.3 is 14.5 Å². The summed E-state index contributed by atoms with van der Waals surface area (Å²) in [6.45, 7) is -0.256. The summed E-state index contributed by atoms with van der Waals surface area (Å²) in [6.07, 6.45) is 1.49. The lowest BCUT2D eigenvalue weighted by atomic mass is 10.2. The van der Waals surface area contributed by atoms with Crippen molar-refractivity contribution >= 4 is 43.5 Å². The van der Waals surface area contributed by atoms with E-state index in [2.05, 4.69) is 26.0 Å². The van der Waals surface area contributed by atoms with E-state index in [9.17, 15) is 18.0 Å². The van der Waals surface area contributed by atoms with Crippen molar-refractivity contribution in [2.24, 2.45) is 0 Å². The van der Waals surface area contributed by atoms with Gasteiger partial charge in [0.2, 0.25) is 0 Å². The van der Waals surface area contributed by atoms with Gasteiger partial charge >= 0.3 is 5.97 Å². The summed E-state index contributed by atoms with van der Waals surface area (Å²) in [6, 6.07) is 15.3. The largest absolute Gasteiger partial charge is 0.467 e. The summed E-state index contributed by atoms with van der Waals surface area (Å²) in [5, 5.41) is 2.56. The third-order valence-electron chi connectivity index (χ3n) is 3.87. The molecule has 0 unspecified atom stereocenters. The Morgan fingerprint density at radius 2 is 1.70 bits per heavy atom. The first-order chi connectivity index (χ1) is 14.3. The monoisotopic (exact) mass is 492 g/mol. The molecule has 0 radical (unpaired) electrons. The second kappa shape index (κ2) is 9.59. The average molecular weight is 493 g/mol. The standard InChI is InChI=1S/C20H17BrN2O6S/c21-15-5-9-18(10-6-15)30(26,27)23-16-7-3-14(4-8-16)20(25)29-13-19(24)22-12-17-2-1-11-28-17/h1-11,23H,12-13H2,(H,22,24). The molecule has 3 aromatic rings. The first-order valence-corrected chi connectivity index (χ1v) is 11.0. The number of sulfonamides is 1. The van der Waals surface area contributed by atoms with Gasteiger partial charge in [0.25, 0.3) is 15.9 Å². The number of anilines is 1. The molecular formula is C20H17BrN2O6S. The van der Waals surface area contributed by atoms with Crippen LogP contribution in [0, 0.1) is 0 Å². The van der Waals surface area contributed by atoms with Crippen LogP contribution in [0.2, 0.25) is 0 Å². The fraction of sp³-hybridized carbons (Fsp3) is 0.100. The highest BCUT2D eigenvalue weighted by atomic mass is 79.9. The minimum atomic E-state index is -3.76. The minimum Gasteiger partial charge on any atom is -0.467 e. The molecule has 8 nitrogen and oxygen atoms in total. The van der Waals surface area contributed by atoms with Gasteiger partial charge in [-0.3, -0.25) is 9.52 Å². The normalized spacial score (nSPS) is 11.0. The van der Waals surface area contributed by atoms with Gasteiger partial charge in [0.15, 0.2) is 6.61 Å². The van der Waals surface area contributed by atoms with Gasteiger partial charge in [-0.25, -0.2) is 13.2 Å². The third kappa shape index (κ3) is 5.94. The first-order valence-electron chi connectivity index (χ1n) is 8.68. The van der Waals surface area contributed by atoms with Crippen LogP contribution in [0.3, 0.4) is 0 Å². The summed E-state index contributed by atoms with van der Waals surface area (Å²) >= 11 is 3.25. The zero-order valence-electron chi connectivity index (χ0n) is 15.5. The number of ether oxygens (including phenoxy) is 1. The number of carbonyl (C=O) groups excluding carboxylic acids is 2. The van der Waals surface area contributed by atoms with Crippen molar-refractivity contribution < 1.29 is 27.2 Å². The van der Waals surface area contributed by atoms with Crippen molar-refractivity contribution in [3.05, 3.63) is 82.7 Å². The highest BCUT2D eigenvalue weighted by Crippen LogP contribution is 2.19. The van der Waals surface area contributed by atoms with Gasteiger partial charge in [-0.05, 0) is 60.7 Å². The van der Waals surface area contributed by atoms with Crippen molar-refractivity contribution in [3.63, 3.8) is 0 Å². The highest BCUT2D eigenvalue weighted by molar-refractivity contribution is 9.10. The second-order valence-corrected chi connectivity index (χ2v) is 8.67. The number of hydrogen-bond acceptors (Lipinski definition) is 6. The molecular weight excluding hydrogens is 476 g/mol. The number of esters is 1. The molecule has 0 aliphatic carbocycles. The number of rotatable bonds is 8. The van der Waals surface area contributed by atoms with Crippen LogP contribution in [0.25, 0.3) is 0 Å². The lowest BCUT2D eigenvalue weighted by molar-refractivity contribution is -0.124. The first kappa shape index (κ1) is 21.6. The molecule has 10 heteroatoms. The molecule has 0 saturated heterocycles. The maximum absolute atomic E-state index is 12.4. The molecule has 0 fully saturated rings. The number of hydrogen-bond donors (Lipinski definition) is 2. The Labute approximate surface area is 181 Å². The highest BCUT2D eigenvalue weighted by Gasteiger charge is 2.15. The van der Waals surface area contributed by atoms with Crippen LogP contribution in [0.4, 0.5) is 5.69 Å². The van der Waals surface area contributed by atoms with Crippen LogP contribution in [0.5, 0.6) is 0 Å². The van der Waals surface area contributed by atoms with E-state index in [0.29, 0.717) is 5.76 Å². The quantitative estimate of drug-likeness (QED) is 0.466. The molecule has 1 aromatic heterocycles. The Morgan fingerprint density at radius 3 is 2.33 bits per heavy atom. The van der Waals surface area contributed by atoms with Gasteiger partial charge in [0.05, 0.1) is 23.3 Å². The number of benzene rings is 2. The van der Waals surface area contributed by atoms with Gasteiger partial charge in [-0.1, -0.05) is 15.9 Å². The predicted octanol–water partition coefficient (Wildman–Crippen LogP) is 3.32. The molecule has 0 atom stereocenters. The molecule has 156 valence electrons. The Balaban J connectivity index is 1.52. The topological polar surface area (TPSA) is 115 Å². The van der Waals surface area contributed by atoms with E-state index in [-0.39, 0.29) is 22.7 Å². The molecule has 2 N–H and O–H groups in total. The van der Waals surface area contributed by atoms with E-state index >= 15 is 0 Å². The molecule has 30 heavy (non-hydrogen) atoms. The summed E-state index contributed by atoms with van der Waals surface area (Å²) < 4.78 is 38.0. The zero-order chi connectivity index (χ0) is 21.6. The van der Waals surface area contributed by atoms with Crippen LogP contribution in [-0.4, -0.2) is 26.9 Å². The van der Waals surface area contributed by atoms with E-state index in [1.54, 1.807) is 24.3 Å². The summed E-state index contributed by atoms with van der Waals surface area (Å²) in [7, 11) is -3.76. The van der Waals surface area contributed by atoms with Crippen LogP contribution < -0.4 is 10.0 Å². The molecule has 1 heterocycles. The minimum absolute atomic E-state index is 0.106. The molecule has 0 saturated carbocycles. The lowest BCUT2D eigenvalue weighted by Gasteiger charge is -2.09. The summed E-state index contributed by atoms with van der Waals surface area (Å²) in [4.78, 5) is 23.9. The van der Waals surface area contributed by atoms with Crippen molar-refractivity contribution in [1.29, 1.82) is 0 Å². The predicted molar refractivity (Wildman–Crippen MR) is 112 cm³/mol. The number of carbonyl (C=O) groups is 2. The van der Waals surface area contributed by atoms with Gasteiger partial charge in [0, 0.05) is 10.2 Å². The van der Waals surface area contributed by atoms with E-state index in [1.807, 2.05) is 0 Å². The lowest BCUT2D eigenvalue weighted by Crippen LogP contribution is -2.28. The van der Waals surface area contributed by atoms with Crippen LogP contribution in [-0.2, 0) is 26.1 Å². The summed E-state index contributed by atoms with van der Waals surface area (Å²) in [5.74, 6) is -0.597. The molecule has 0 aliphatic heterocycles. The molecule has 3 rings (SSSR count). The number of nitrogens with one attached hydrogen (secondary N) is 2. The van der Waals surface area contributed by atoms with E-state index in [0.717, 1.165) is 4.47 Å². The van der Waals surface area contributed by atoms with Crippen LogP contribution in [0.15, 0.2) is 80.7 Å². The van der Waals surface area contributed by atoms with Crippen molar-refractivity contribution in [1.82, 2.24) is 5.32 Å². The van der Waals surface area contributed by atoms with Crippen molar-refractivity contribution in [2.75, 3.05) is 11.3 Å². The SMILES string of the molecule is O=C(COC(=O)c1ccc(NS(=O)(=O)c2ccc(Br)cc2)cc1)NCc1ccco1. The average Bonchev–Trinajstić information content (AvgIpc) is 3.25. The molecule has 1 amide bonds. The van der Waals surface area contributed by atoms with Crippen LogP contribution in [0.1, 0.15) is 16.1 Å². The fourth-order valence-electron chi connectivity index (χ4n) is 2.37. The van der Waals surface area contributed by atoms with E-state index in [1.165, 1.54) is 42.7 Å². The maximum Gasteiger partial charge on any atom is 0.338 e. The maximum atomic E-state index is 12.4. The van der Waals surface area contributed by atoms with Gasteiger partial charge in [-0.15, -0.1) is 0 Å². The number of halogens is 1. The Morgan fingerprint density at radius 1 is 1.00 bits per heavy atom. The molecule has 0 spiro atoms. The third-order valence-corrected chi connectivity index (χ3v) is 5.80. The van der Waals surface area contributed by atoms with Crippen molar-refractivity contribution in [2.45, 2.75) is 11.4 Å². The van der Waals surface area contributed by atoms with E-state index < -0.39 is 28.5 Å². The Kier molecular flexibility index (Phi) is 6.91. The zero-order valence-corrected chi connectivity index (χ0v) is 17.9. The smallest absolute Gasteiger partial charge is 0.338 e. The van der Waals surface area contributed by atoms with Gasteiger partial charge in [0.1, 0.15) is 5.76 Å². The fourth-order valence-corrected chi connectivity index (χ4v) is 3.69. The Bertz CT molecular complexity index is 1110. The van der Waals surface area contributed by atoms with Crippen LogP contribution >= 0.6 is 15.9 Å². The molecule has 2 aromatic carbocycles. The van der Waals surface area contributed by atoms with Gasteiger partial charge in [-0.2, -0.15) is 0 Å². The van der Waals surface area contributed by atoms with Crippen molar-refractivity contribution in [3.8, 4) is 0 Å². The Hall–Kier alpha value is -3.11. The second-order valence-electron chi connectivity index (χ2n) is 6.07. The number of furan rings is 1. The molecule has 0 bridgehead atoms. The molecule has 0 aliphatic rings. The number of amides is 1.